The number of carbonyl (C=O) groups is 1. The highest BCUT2D eigenvalue weighted by atomic mass is 16.3. The van der Waals surface area contributed by atoms with Gasteiger partial charge in [-0.25, -0.2) is 0 Å². The zero-order chi connectivity index (χ0) is 12.7. The molecule has 2 saturated heterocycles. The van der Waals surface area contributed by atoms with E-state index in [0.29, 0.717) is 12.5 Å². The summed E-state index contributed by atoms with van der Waals surface area (Å²) in [6.45, 7) is 0.704. The van der Waals surface area contributed by atoms with Crippen LogP contribution in [0.5, 0.6) is 0 Å². The van der Waals surface area contributed by atoms with E-state index < -0.39 is 0 Å². The molecule has 2 bridgehead atoms. The van der Waals surface area contributed by atoms with Crippen molar-refractivity contribution in [3.63, 3.8) is 0 Å². The highest BCUT2D eigenvalue weighted by Crippen LogP contribution is 2.35. The van der Waals surface area contributed by atoms with Crippen molar-refractivity contribution in [2.24, 2.45) is 5.92 Å². The van der Waals surface area contributed by atoms with Crippen LogP contribution in [-0.2, 0) is 4.79 Å². The standard InChI is InChI=1S/C13H19N3O2/c14-7-9-2-1-5-16(9)13(18)12-8-3-4-11(17)10(6-8)15-12/h8-12,15,17H,1-6H2/t8-,9+,10-,11-,12+/m1/s1. The molecule has 3 fully saturated rings. The summed E-state index contributed by atoms with van der Waals surface area (Å²) in [6, 6.07) is 1.86. The predicted octanol–water partition coefficient (Wildman–Crippen LogP) is 0.00238. The summed E-state index contributed by atoms with van der Waals surface area (Å²) in [4.78, 5) is 14.2. The summed E-state index contributed by atoms with van der Waals surface area (Å²) in [6.07, 6.45) is 3.99. The van der Waals surface area contributed by atoms with Crippen LogP contribution >= 0.6 is 0 Å². The first-order chi connectivity index (χ1) is 8.70. The molecule has 2 aliphatic heterocycles. The first kappa shape index (κ1) is 11.9. The maximum Gasteiger partial charge on any atom is 0.241 e. The third-order valence-corrected chi connectivity index (χ3v) is 4.67. The van der Waals surface area contributed by atoms with E-state index in [2.05, 4.69) is 11.4 Å². The summed E-state index contributed by atoms with van der Waals surface area (Å²) >= 11 is 0. The Bertz CT molecular complexity index is 392. The molecule has 5 atom stereocenters. The Morgan fingerprint density at radius 3 is 2.94 bits per heavy atom. The molecule has 0 aromatic rings. The smallest absolute Gasteiger partial charge is 0.241 e. The number of fused-ring (bicyclic) bond motifs is 2. The number of rotatable bonds is 1. The van der Waals surface area contributed by atoms with E-state index in [1.54, 1.807) is 4.90 Å². The van der Waals surface area contributed by atoms with Crippen molar-refractivity contribution >= 4 is 5.91 Å². The van der Waals surface area contributed by atoms with Gasteiger partial charge in [0.05, 0.1) is 18.2 Å². The third kappa shape index (κ3) is 1.80. The van der Waals surface area contributed by atoms with Crippen molar-refractivity contribution in [3.05, 3.63) is 0 Å². The van der Waals surface area contributed by atoms with Gasteiger partial charge in [-0.1, -0.05) is 0 Å². The van der Waals surface area contributed by atoms with Crippen LogP contribution in [0.4, 0.5) is 0 Å². The summed E-state index contributed by atoms with van der Waals surface area (Å²) in [5.74, 6) is 0.409. The largest absolute Gasteiger partial charge is 0.392 e. The van der Waals surface area contributed by atoms with Crippen LogP contribution in [0.1, 0.15) is 32.1 Å². The number of aliphatic hydroxyl groups is 1. The fourth-order valence-electron chi connectivity index (χ4n) is 3.65. The summed E-state index contributed by atoms with van der Waals surface area (Å²) in [5.41, 5.74) is 0. The second-order valence-corrected chi connectivity index (χ2v) is 5.71. The molecule has 1 aliphatic carbocycles. The number of likely N-dealkylation sites (tertiary alicyclic amines) is 1. The maximum atomic E-state index is 12.5. The van der Waals surface area contributed by atoms with E-state index in [1.807, 2.05) is 0 Å². The number of hydrogen-bond donors (Lipinski definition) is 2. The summed E-state index contributed by atoms with van der Waals surface area (Å²) in [7, 11) is 0. The number of carbonyl (C=O) groups excluding carboxylic acids is 1. The Kier molecular flexibility index (Phi) is 3.00. The van der Waals surface area contributed by atoms with Crippen LogP contribution in [-0.4, -0.2) is 46.7 Å². The highest BCUT2D eigenvalue weighted by molar-refractivity contribution is 5.83. The number of amides is 1. The predicted molar refractivity (Wildman–Crippen MR) is 64.4 cm³/mol. The van der Waals surface area contributed by atoms with E-state index in [4.69, 9.17) is 5.26 Å². The zero-order valence-corrected chi connectivity index (χ0v) is 10.4. The van der Waals surface area contributed by atoms with Gasteiger partial charge in [0, 0.05) is 12.6 Å². The van der Waals surface area contributed by atoms with Crippen molar-refractivity contribution in [3.8, 4) is 6.07 Å². The fourth-order valence-corrected chi connectivity index (χ4v) is 3.65. The van der Waals surface area contributed by atoms with Gasteiger partial charge in [-0.15, -0.1) is 0 Å². The number of nitrogens with zero attached hydrogens (tertiary/aromatic N) is 2. The van der Waals surface area contributed by atoms with Crippen molar-refractivity contribution in [1.82, 2.24) is 10.2 Å². The SMILES string of the molecule is N#C[C@@H]1CCCN1C(=O)[C@H]1N[C@@H]2C[C@H]1CC[C@H]2O. The summed E-state index contributed by atoms with van der Waals surface area (Å²) in [5, 5.41) is 22.1. The molecule has 1 saturated carbocycles. The minimum atomic E-state index is -0.315. The Morgan fingerprint density at radius 2 is 2.22 bits per heavy atom. The van der Waals surface area contributed by atoms with E-state index >= 15 is 0 Å². The molecule has 0 radical (unpaired) electrons. The number of nitriles is 1. The molecule has 18 heavy (non-hydrogen) atoms. The van der Waals surface area contributed by atoms with Crippen molar-refractivity contribution in [2.75, 3.05) is 6.54 Å². The number of aliphatic hydroxyl groups excluding tert-OH is 1. The van der Waals surface area contributed by atoms with Crippen molar-refractivity contribution in [1.29, 1.82) is 5.26 Å². The van der Waals surface area contributed by atoms with Gasteiger partial charge in [0.25, 0.3) is 0 Å². The van der Waals surface area contributed by atoms with Gasteiger partial charge in [-0.3, -0.25) is 4.79 Å². The van der Waals surface area contributed by atoms with Crippen molar-refractivity contribution < 1.29 is 9.90 Å². The monoisotopic (exact) mass is 249 g/mol. The molecule has 5 nitrogen and oxygen atoms in total. The fraction of sp³-hybridized carbons (Fsp3) is 0.846. The molecule has 0 unspecified atom stereocenters. The third-order valence-electron chi connectivity index (χ3n) is 4.67. The Morgan fingerprint density at radius 1 is 1.39 bits per heavy atom. The van der Waals surface area contributed by atoms with Crippen LogP contribution in [0.2, 0.25) is 0 Å². The average Bonchev–Trinajstić information content (AvgIpc) is 2.98. The molecular weight excluding hydrogens is 230 g/mol. The Labute approximate surface area is 107 Å². The molecule has 3 rings (SSSR count). The molecule has 5 heteroatoms. The van der Waals surface area contributed by atoms with Crippen LogP contribution < -0.4 is 5.32 Å². The zero-order valence-electron chi connectivity index (χ0n) is 10.4. The molecule has 1 amide bonds. The minimum absolute atomic E-state index is 0.0700. The van der Waals surface area contributed by atoms with Crippen molar-refractivity contribution in [2.45, 2.75) is 56.3 Å². The Balaban J connectivity index is 1.72. The van der Waals surface area contributed by atoms with E-state index in [0.717, 1.165) is 32.1 Å². The lowest BCUT2D eigenvalue weighted by atomic mass is 9.85. The Hall–Kier alpha value is -1.12. The van der Waals surface area contributed by atoms with E-state index in [-0.39, 0.29) is 30.1 Å². The van der Waals surface area contributed by atoms with Crippen LogP contribution in [0.15, 0.2) is 0 Å². The van der Waals surface area contributed by atoms with Gasteiger partial charge in [-0.2, -0.15) is 5.26 Å². The van der Waals surface area contributed by atoms with Gasteiger partial charge in [0.2, 0.25) is 5.91 Å². The topological polar surface area (TPSA) is 76.4 Å². The molecule has 3 aliphatic rings. The molecule has 0 aromatic carbocycles. The molecule has 98 valence electrons. The average molecular weight is 249 g/mol. The number of nitrogens with one attached hydrogen (secondary N) is 1. The van der Waals surface area contributed by atoms with Gasteiger partial charge < -0.3 is 15.3 Å². The minimum Gasteiger partial charge on any atom is -0.392 e. The van der Waals surface area contributed by atoms with Crippen LogP contribution in [0, 0.1) is 17.2 Å². The van der Waals surface area contributed by atoms with E-state index in [9.17, 15) is 9.90 Å². The summed E-state index contributed by atoms with van der Waals surface area (Å²) < 4.78 is 0. The molecule has 2 N–H and O–H groups in total. The second-order valence-electron chi connectivity index (χ2n) is 5.71. The lowest BCUT2D eigenvalue weighted by Crippen LogP contribution is -2.49. The number of hydrogen-bond acceptors (Lipinski definition) is 4. The first-order valence-corrected chi connectivity index (χ1v) is 6.85. The molecule has 2 heterocycles. The van der Waals surface area contributed by atoms with Gasteiger partial charge in [0.15, 0.2) is 0 Å². The second kappa shape index (κ2) is 4.52. The molecular formula is C13H19N3O2. The van der Waals surface area contributed by atoms with E-state index in [1.165, 1.54) is 0 Å². The lowest BCUT2D eigenvalue weighted by Gasteiger charge is -2.26. The normalized spacial score (nSPS) is 42.9. The molecule has 0 spiro atoms. The highest BCUT2D eigenvalue weighted by Gasteiger charge is 2.46. The van der Waals surface area contributed by atoms with Gasteiger partial charge in [0.1, 0.15) is 6.04 Å². The lowest BCUT2D eigenvalue weighted by molar-refractivity contribution is -0.134. The first-order valence-electron chi connectivity index (χ1n) is 6.85. The van der Waals surface area contributed by atoms with Crippen LogP contribution in [0.25, 0.3) is 0 Å². The quantitative estimate of drug-likeness (QED) is 0.686. The van der Waals surface area contributed by atoms with Crippen LogP contribution in [0.3, 0.4) is 0 Å². The molecule has 0 aromatic heterocycles. The maximum absolute atomic E-state index is 12.5. The van der Waals surface area contributed by atoms with Gasteiger partial charge in [-0.05, 0) is 38.0 Å². The van der Waals surface area contributed by atoms with Gasteiger partial charge >= 0.3 is 0 Å².